The van der Waals surface area contributed by atoms with Gasteiger partial charge in [-0.3, -0.25) is 4.98 Å². The number of fused-ring (bicyclic) bond motifs is 1. The summed E-state index contributed by atoms with van der Waals surface area (Å²) in [6.07, 6.45) is 1.76. The third-order valence-corrected chi connectivity index (χ3v) is 2.96. The second-order valence-electron chi connectivity index (χ2n) is 3.92. The van der Waals surface area contributed by atoms with Crippen LogP contribution in [0.5, 0.6) is 0 Å². The Kier molecular flexibility index (Phi) is 1.92. The quantitative estimate of drug-likeness (QED) is 0.765. The summed E-state index contributed by atoms with van der Waals surface area (Å²) in [5.74, 6) is 0.333. The largest absolute Gasteiger partial charge is 0.315 e. The fourth-order valence-corrected chi connectivity index (χ4v) is 2.01. The second kappa shape index (κ2) is 3.28. The summed E-state index contributed by atoms with van der Waals surface area (Å²) in [5.41, 5.74) is 2.03. The molecule has 1 fully saturated rings. The van der Waals surface area contributed by atoms with Crippen LogP contribution in [-0.2, 0) is 0 Å². The lowest BCUT2D eigenvalue weighted by atomic mass is 9.91. The van der Waals surface area contributed by atoms with Crippen LogP contribution in [0, 0.1) is 5.82 Å². The summed E-state index contributed by atoms with van der Waals surface area (Å²) in [7, 11) is 0. The van der Waals surface area contributed by atoms with Crippen molar-refractivity contribution in [3.63, 3.8) is 0 Å². The number of halogens is 1. The van der Waals surface area contributed by atoms with Crippen LogP contribution >= 0.6 is 0 Å². The summed E-state index contributed by atoms with van der Waals surface area (Å²) in [6.45, 7) is 2.02. The molecule has 0 atom stereocenters. The summed E-state index contributed by atoms with van der Waals surface area (Å²) in [4.78, 5) is 4.18. The van der Waals surface area contributed by atoms with E-state index in [0.717, 1.165) is 24.0 Å². The van der Waals surface area contributed by atoms with Crippen molar-refractivity contribution in [3.05, 3.63) is 41.8 Å². The molecule has 0 saturated carbocycles. The fourth-order valence-electron chi connectivity index (χ4n) is 2.01. The van der Waals surface area contributed by atoms with E-state index in [1.807, 2.05) is 12.1 Å². The zero-order valence-electron chi connectivity index (χ0n) is 8.20. The highest BCUT2D eigenvalue weighted by Gasteiger charge is 2.20. The molecular weight excluding hydrogens is 191 g/mol. The number of nitrogens with one attached hydrogen (secondary N) is 1. The number of rotatable bonds is 1. The minimum absolute atomic E-state index is 0.223. The highest BCUT2D eigenvalue weighted by atomic mass is 19.1. The summed E-state index contributed by atoms with van der Waals surface area (Å²) < 4.78 is 13.0. The van der Waals surface area contributed by atoms with E-state index in [1.165, 1.54) is 17.7 Å². The highest BCUT2D eigenvalue weighted by molar-refractivity contribution is 5.82. The molecule has 0 bridgehead atoms. The van der Waals surface area contributed by atoms with Gasteiger partial charge in [-0.1, -0.05) is 0 Å². The fraction of sp³-hybridized carbons (Fsp3) is 0.250. The maximum Gasteiger partial charge on any atom is 0.125 e. The van der Waals surface area contributed by atoms with Gasteiger partial charge in [-0.25, -0.2) is 4.39 Å². The van der Waals surface area contributed by atoms with Crippen molar-refractivity contribution >= 4 is 10.9 Å². The Hall–Kier alpha value is -1.48. The van der Waals surface area contributed by atoms with Crippen LogP contribution in [0.2, 0.25) is 0 Å². The van der Waals surface area contributed by atoms with Gasteiger partial charge in [0, 0.05) is 36.7 Å². The minimum atomic E-state index is -0.223. The highest BCUT2D eigenvalue weighted by Crippen LogP contribution is 2.27. The molecule has 0 unspecified atom stereocenters. The molecule has 15 heavy (non-hydrogen) atoms. The Morgan fingerprint density at radius 1 is 1.27 bits per heavy atom. The van der Waals surface area contributed by atoms with Crippen LogP contribution in [0.1, 0.15) is 11.5 Å². The molecule has 0 amide bonds. The molecule has 2 aromatic rings. The van der Waals surface area contributed by atoms with Gasteiger partial charge in [0.25, 0.3) is 0 Å². The van der Waals surface area contributed by atoms with Gasteiger partial charge in [-0.05, 0) is 23.8 Å². The van der Waals surface area contributed by atoms with Crippen molar-refractivity contribution in [3.8, 4) is 0 Å². The van der Waals surface area contributed by atoms with E-state index in [2.05, 4.69) is 10.3 Å². The number of pyridine rings is 1. The average Bonchev–Trinajstić information content (AvgIpc) is 2.15. The molecule has 76 valence electrons. The van der Waals surface area contributed by atoms with Crippen molar-refractivity contribution in [2.45, 2.75) is 5.92 Å². The first-order valence-electron chi connectivity index (χ1n) is 5.09. The van der Waals surface area contributed by atoms with E-state index in [9.17, 15) is 4.39 Å². The molecule has 1 aliphatic heterocycles. The Balaban J connectivity index is 2.21. The average molecular weight is 202 g/mol. The van der Waals surface area contributed by atoms with E-state index in [1.54, 1.807) is 6.20 Å². The van der Waals surface area contributed by atoms with E-state index < -0.39 is 0 Å². The summed E-state index contributed by atoms with van der Waals surface area (Å²) >= 11 is 0. The topological polar surface area (TPSA) is 24.9 Å². The Morgan fingerprint density at radius 2 is 2.13 bits per heavy atom. The van der Waals surface area contributed by atoms with Crippen molar-refractivity contribution in [2.75, 3.05) is 13.1 Å². The van der Waals surface area contributed by atoms with Crippen molar-refractivity contribution in [1.82, 2.24) is 10.3 Å². The standard InChI is InChI=1S/C12H11FN2/c13-9-1-2-11-10(8-6-14-7-8)3-4-15-12(11)5-9/h1-5,8,14H,6-7H2. The maximum atomic E-state index is 13.0. The lowest BCUT2D eigenvalue weighted by Crippen LogP contribution is -2.39. The van der Waals surface area contributed by atoms with E-state index in [-0.39, 0.29) is 5.82 Å². The van der Waals surface area contributed by atoms with Gasteiger partial charge in [0.15, 0.2) is 0 Å². The molecule has 1 aliphatic rings. The summed E-state index contributed by atoms with van der Waals surface area (Å²) in [6, 6.07) is 6.85. The van der Waals surface area contributed by atoms with Gasteiger partial charge < -0.3 is 5.32 Å². The van der Waals surface area contributed by atoms with Crippen LogP contribution in [0.3, 0.4) is 0 Å². The third kappa shape index (κ3) is 1.39. The number of hydrogen-bond acceptors (Lipinski definition) is 2. The van der Waals surface area contributed by atoms with Gasteiger partial charge in [0.1, 0.15) is 5.82 Å². The molecule has 1 aromatic carbocycles. The first kappa shape index (κ1) is 8.80. The Morgan fingerprint density at radius 3 is 2.87 bits per heavy atom. The van der Waals surface area contributed by atoms with E-state index in [0.29, 0.717) is 5.92 Å². The number of benzene rings is 1. The first-order chi connectivity index (χ1) is 7.34. The monoisotopic (exact) mass is 202 g/mol. The van der Waals surface area contributed by atoms with Crippen LogP contribution in [0.4, 0.5) is 4.39 Å². The van der Waals surface area contributed by atoms with Gasteiger partial charge in [0.05, 0.1) is 5.52 Å². The predicted molar refractivity (Wildman–Crippen MR) is 57.3 cm³/mol. The molecule has 2 nitrogen and oxygen atoms in total. The van der Waals surface area contributed by atoms with Crippen molar-refractivity contribution in [2.24, 2.45) is 0 Å². The van der Waals surface area contributed by atoms with Crippen molar-refractivity contribution in [1.29, 1.82) is 0 Å². The van der Waals surface area contributed by atoms with Gasteiger partial charge in [0.2, 0.25) is 0 Å². The molecule has 1 N–H and O–H groups in total. The summed E-state index contributed by atoms with van der Waals surface area (Å²) in [5, 5.41) is 4.32. The minimum Gasteiger partial charge on any atom is -0.315 e. The lowest BCUT2D eigenvalue weighted by Gasteiger charge is -2.28. The molecular formula is C12H11FN2. The first-order valence-corrected chi connectivity index (χ1v) is 5.09. The molecule has 3 heteroatoms. The van der Waals surface area contributed by atoms with Crippen molar-refractivity contribution < 1.29 is 4.39 Å². The molecule has 0 aliphatic carbocycles. The SMILES string of the molecule is Fc1ccc2c(C3CNC3)ccnc2c1. The number of aromatic nitrogens is 1. The second-order valence-corrected chi connectivity index (χ2v) is 3.92. The molecule has 0 spiro atoms. The van der Waals surface area contributed by atoms with Crippen LogP contribution in [0.25, 0.3) is 10.9 Å². The lowest BCUT2D eigenvalue weighted by molar-refractivity contribution is 0.450. The number of nitrogens with zero attached hydrogens (tertiary/aromatic N) is 1. The zero-order chi connectivity index (χ0) is 10.3. The van der Waals surface area contributed by atoms with E-state index in [4.69, 9.17) is 0 Å². The molecule has 0 radical (unpaired) electrons. The van der Waals surface area contributed by atoms with Crippen LogP contribution in [-0.4, -0.2) is 18.1 Å². The molecule has 1 saturated heterocycles. The van der Waals surface area contributed by atoms with Gasteiger partial charge in [-0.15, -0.1) is 0 Å². The Labute approximate surface area is 87.1 Å². The van der Waals surface area contributed by atoms with E-state index >= 15 is 0 Å². The van der Waals surface area contributed by atoms with Crippen LogP contribution < -0.4 is 5.32 Å². The Bertz CT molecular complexity index is 506. The van der Waals surface area contributed by atoms with Crippen LogP contribution in [0.15, 0.2) is 30.5 Å². The normalized spacial score (nSPS) is 16.6. The van der Waals surface area contributed by atoms with Gasteiger partial charge in [-0.2, -0.15) is 0 Å². The maximum absolute atomic E-state index is 13.0. The molecule has 1 aromatic heterocycles. The predicted octanol–water partition coefficient (Wildman–Crippen LogP) is 2.06. The number of hydrogen-bond donors (Lipinski definition) is 1. The zero-order valence-corrected chi connectivity index (χ0v) is 8.20. The smallest absolute Gasteiger partial charge is 0.125 e. The molecule has 3 rings (SSSR count). The third-order valence-electron chi connectivity index (χ3n) is 2.96. The van der Waals surface area contributed by atoms with Gasteiger partial charge >= 0.3 is 0 Å². The molecule has 2 heterocycles.